The van der Waals surface area contributed by atoms with Crippen molar-refractivity contribution in [1.29, 1.82) is 0 Å². The van der Waals surface area contributed by atoms with Crippen molar-refractivity contribution in [3.8, 4) is 22.5 Å². The third kappa shape index (κ3) is 3.94. The summed E-state index contributed by atoms with van der Waals surface area (Å²) in [5.74, 6) is -0.227. The molecule has 1 amide bonds. The van der Waals surface area contributed by atoms with Gasteiger partial charge in [0.15, 0.2) is 11.3 Å². The molecule has 0 fully saturated rings. The molecule has 5 nitrogen and oxygen atoms in total. The molecule has 0 aliphatic heterocycles. The van der Waals surface area contributed by atoms with Crippen LogP contribution in [0, 0.1) is 0 Å². The summed E-state index contributed by atoms with van der Waals surface area (Å²) in [6.07, 6.45) is 0. The monoisotopic (exact) mass is 404 g/mol. The van der Waals surface area contributed by atoms with Crippen molar-refractivity contribution >= 4 is 11.6 Å². The number of aromatic nitrogens is 3. The Labute approximate surface area is 180 Å². The maximum absolute atomic E-state index is 12.8. The SMILES string of the molecule is O=C(NCc1ccccc1)c1cc2nc(-c3ccccc3)cc(-c3ccccc3)n2n1. The lowest BCUT2D eigenvalue weighted by Crippen LogP contribution is -2.23. The van der Waals surface area contributed by atoms with Crippen molar-refractivity contribution in [3.63, 3.8) is 0 Å². The molecule has 5 rings (SSSR count). The van der Waals surface area contributed by atoms with E-state index in [2.05, 4.69) is 10.4 Å². The third-order valence-corrected chi connectivity index (χ3v) is 5.09. The smallest absolute Gasteiger partial charge is 0.272 e. The van der Waals surface area contributed by atoms with E-state index in [9.17, 15) is 4.79 Å². The Hall–Kier alpha value is -4.25. The number of amides is 1. The van der Waals surface area contributed by atoms with Crippen LogP contribution in [0.3, 0.4) is 0 Å². The van der Waals surface area contributed by atoms with Gasteiger partial charge >= 0.3 is 0 Å². The third-order valence-electron chi connectivity index (χ3n) is 5.09. The lowest BCUT2D eigenvalue weighted by atomic mass is 10.1. The molecule has 0 radical (unpaired) electrons. The van der Waals surface area contributed by atoms with E-state index in [0.717, 1.165) is 28.1 Å². The minimum atomic E-state index is -0.227. The van der Waals surface area contributed by atoms with E-state index in [1.54, 1.807) is 10.6 Å². The van der Waals surface area contributed by atoms with Gasteiger partial charge in [-0.1, -0.05) is 91.0 Å². The maximum atomic E-state index is 12.8. The predicted octanol–water partition coefficient (Wildman–Crippen LogP) is 4.99. The van der Waals surface area contributed by atoms with Gasteiger partial charge in [-0.3, -0.25) is 4.79 Å². The molecule has 0 atom stereocenters. The number of rotatable bonds is 5. The number of carbonyl (C=O) groups is 1. The molecule has 0 saturated carbocycles. The molecule has 150 valence electrons. The van der Waals surface area contributed by atoms with Crippen LogP contribution in [0.25, 0.3) is 28.2 Å². The lowest BCUT2D eigenvalue weighted by Gasteiger charge is -2.08. The molecule has 1 N–H and O–H groups in total. The van der Waals surface area contributed by atoms with Gasteiger partial charge < -0.3 is 5.32 Å². The van der Waals surface area contributed by atoms with Gasteiger partial charge in [-0.15, -0.1) is 0 Å². The molecule has 0 aliphatic carbocycles. The Morgan fingerprint density at radius 2 is 1.39 bits per heavy atom. The van der Waals surface area contributed by atoms with E-state index in [-0.39, 0.29) is 5.91 Å². The fourth-order valence-corrected chi connectivity index (χ4v) is 3.53. The van der Waals surface area contributed by atoms with Crippen LogP contribution in [-0.4, -0.2) is 20.5 Å². The van der Waals surface area contributed by atoms with Crippen molar-refractivity contribution in [3.05, 3.63) is 114 Å². The van der Waals surface area contributed by atoms with Gasteiger partial charge in [0.25, 0.3) is 5.91 Å². The zero-order valence-electron chi connectivity index (χ0n) is 16.8. The highest BCUT2D eigenvalue weighted by molar-refractivity contribution is 5.93. The highest BCUT2D eigenvalue weighted by atomic mass is 16.1. The molecule has 3 aromatic carbocycles. The van der Waals surface area contributed by atoms with Crippen LogP contribution in [0.5, 0.6) is 0 Å². The average molecular weight is 404 g/mol. The molecule has 2 heterocycles. The average Bonchev–Trinajstić information content (AvgIpc) is 3.28. The van der Waals surface area contributed by atoms with E-state index in [4.69, 9.17) is 4.98 Å². The fourth-order valence-electron chi connectivity index (χ4n) is 3.53. The highest BCUT2D eigenvalue weighted by Gasteiger charge is 2.16. The number of benzene rings is 3. The Morgan fingerprint density at radius 1 is 0.774 bits per heavy atom. The first kappa shape index (κ1) is 18.8. The maximum Gasteiger partial charge on any atom is 0.272 e. The first-order chi connectivity index (χ1) is 15.3. The first-order valence-electron chi connectivity index (χ1n) is 10.1. The van der Waals surface area contributed by atoms with Gasteiger partial charge in [0.2, 0.25) is 0 Å². The summed E-state index contributed by atoms with van der Waals surface area (Å²) < 4.78 is 1.74. The molecular formula is C26H20N4O. The Balaban J connectivity index is 1.55. The van der Waals surface area contributed by atoms with Gasteiger partial charge in [0.1, 0.15) is 0 Å². The van der Waals surface area contributed by atoms with Gasteiger partial charge in [-0.25, -0.2) is 9.50 Å². The minimum absolute atomic E-state index is 0.227. The Morgan fingerprint density at radius 3 is 2.06 bits per heavy atom. The summed E-state index contributed by atoms with van der Waals surface area (Å²) in [7, 11) is 0. The second-order valence-corrected chi connectivity index (χ2v) is 7.23. The van der Waals surface area contributed by atoms with Crippen LogP contribution in [-0.2, 0) is 6.54 Å². The molecule has 0 saturated heterocycles. The fraction of sp³-hybridized carbons (Fsp3) is 0.0385. The molecule has 5 heteroatoms. The molecule has 5 aromatic rings. The summed E-state index contributed by atoms with van der Waals surface area (Å²) in [5, 5.41) is 7.52. The van der Waals surface area contributed by atoms with Gasteiger partial charge in [-0.05, 0) is 11.6 Å². The van der Waals surface area contributed by atoms with Crippen molar-refractivity contribution < 1.29 is 4.79 Å². The highest BCUT2D eigenvalue weighted by Crippen LogP contribution is 2.26. The lowest BCUT2D eigenvalue weighted by molar-refractivity contribution is 0.0945. The van der Waals surface area contributed by atoms with Crippen LogP contribution in [0.4, 0.5) is 0 Å². The minimum Gasteiger partial charge on any atom is -0.347 e. The molecule has 0 bridgehead atoms. The molecule has 0 unspecified atom stereocenters. The van der Waals surface area contributed by atoms with Crippen molar-refractivity contribution in [1.82, 2.24) is 19.9 Å². The van der Waals surface area contributed by atoms with E-state index >= 15 is 0 Å². The Bertz CT molecular complexity index is 1330. The van der Waals surface area contributed by atoms with Gasteiger partial charge in [0.05, 0.1) is 11.4 Å². The second kappa shape index (κ2) is 8.24. The molecule has 0 aliphatic rings. The molecule has 31 heavy (non-hydrogen) atoms. The van der Waals surface area contributed by atoms with Crippen LogP contribution in [0.15, 0.2) is 103 Å². The summed E-state index contributed by atoms with van der Waals surface area (Å²) >= 11 is 0. The molecule has 0 spiro atoms. The normalized spacial score (nSPS) is 10.8. The number of fused-ring (bicyclic) bond motifs is 1. The summed E-state index contributed by atoms with van der Waals surface area (Å²) in [5.41, 5.74) is 5.74. The number of hydrogen-bond donors (Lipinski definition) is 1. The topological polar surface area (TPSA) is 59.3 Å². The van der Waals surface area contributed by atoms with Crippen molar-refractivity contribution in [2.75, 3.05) is 0 Å². The van der Waals surface area contributed by atoms with E-state index in [1.165, 1.54) is 0 Å². The van der Waals surface area contributed by atoms with Crippen LogP contribution in [0.1, 0.15) is 16.1 Å². The van der Waals surface area contributed by atoms with Crippen LogP contribution in [0.2, 0.25) is 0 Å². The van der Waals surface area contributed by atoms with Crippen molar-refractivity contribution in [2.45, 2.75) is 6.54 Å². The number of hydrogen-bond acceptors (Lipinski definition) is 3. The van der Waals surface area contributed by atoms with Crippen LogP contribution < -0.4 is 5.32 Å². The Kier molecular flexibility index (Phi) is 4.99. The van der Waals surface area contributed by atoms with Gasteiger partial charge in [0, 0.05) is 23.7 Å². The van der Waals surface area contributed by atoms with E-state index < -0.39 is 0 Å². The zero-order valence-corrected chi connectivity index (χ0v) is 16.8. The number of nitrogens with one attached hydrogen (secondary N) is 1. The summed E-state index contributed by atoms with van der Waals surface area (Å²) in [6.45, 7) is 0.446. The number of nitrogens with zero attached hydrogens (tertiary/aromatic N) is 3. The second-order valence-electron chi connectivity index (χ2n) is 7.23. The van der Waals surface area contributed by atoms with Crippen molar-refractivity contribution in [2.24, 2.45) is 0 Å². The standard InChI is InChI=1S/C26H20N4O/c31-26(27-18-19-10-4-1-5-11-19)23-17-25-28-22(20-12-6-2-7-13-20)16-24(30(25)29-23)21-14-8-3-9-15-21/h1-17H,18H2,(H,27,31). The summed E-state index contributed by atoms with van der Waals surface area (Å²) in [4.78, 5) is 17.5. The van der Waals surface area contributed by atoms with Gasteiger partial charge in [-0.2, -0.15) is 5.10 Å². The molecular weight excluding hydrogens is 384 g/mol. The number of carbonyl (C=O) groups excluding carboxylic acids is 1. The van der Waals surface area contributed by atoms with E-state index in [1.807, 2.05) is 97.1 Å². The van der Waals surface area contributed by atoms with E-state index in [0.29, 0.717) is 17.9 Å². The molecule has 2 aromatic heterocycles. The summed E-state index contributed by atoms with van der Waals surface area (Å²) in [6, 6.07) is 33.6. The predicted molar refractivity (Wildman–Crippen MR) is 121 cm³/mol. The first-order valence-corrected chi connectivity index (χ1v) is 10.1. The van der Waals surface area contributed by atoms with Crippen LogP contribution >= 0.6 is 0 Å². The quantitative estimate of drug-likeness (QED) is 0.449. The zero-order chi connectivity index (χ0) is 21.0. The largest absolute Gasteiger partial charge is 0.347 e.